The van der Waals surface area contributed by atoms with E-state index >= 15 is 0 Å². The van der Waals surface area contributed by atoms with Crippen molar-refractivity contribution in [1.82, 2.24) is 14.8 Å². The SMILES string of the molecule is C=CCC(N)c1nc(N)n(C)n1. The molecule has 0 radical (unpaired) electrons. The highest BCUT2D eigenvalue weighted by molar-refractivity contribution is 5.16. The van der Waals surface area contributed by atoms with Gasteiger partial charge in [-0.25, -0.2) is 4.68 Å². The molecule has 0 saturated heterocycles. The minimum Gasteiger partial charge on any atom is -0.368 e. The lowest BCUT2D eigenvalue weighted by Gasteiger charge is -2.01. The van der Waals surface area contributed by atoms with Crippen LogP contribution in [0.5, 0.6) is 0 Å². The van der Waals surface area contributed by atoms with E-state index in [0.29, 0.717) is 18.2 Å². The first-order chi connectivity index (χ1) is 5.65. The number of aromatic nitrogens is 3. The van der Waals surface area contributed by atoms with E-state index < -0.39 is 0 Å². The molecule has 5 nitrogen and oxygen atoms in total. The standard InChI is InChI=1S/C7H13N5/c1-3-4-5(8)6-10-7(9)12(2)11-6/h3,5H,1,4,8H2,2H3,(H2,9,10,11). The smallest absolute Gasteiger partial charge is 0.218 e. The maximum atomic E-state index is 5.72. The quantitative estimate of drug-likeness (QED) is 0.619. The monoisotopic (exact) mass is 167 g/mol. The first-order valence-electron chi connectivity index (χ1n) is 3.68. The number of hydrogen-bond donors (Lipinski definition) is 2. The number of nitrogens with zero attached hydrogens (tertiary/aromatic N) is 3. The largest absolute Gasteiger partial charge is 0.368 e. The average molecular weight is 167 g/mol. The van der Waals surface area contributed by atoms with Gasteiger partial charge in [0.15, 0.2) is 5.82 Å². The highest BCUT2D eigenvalue weighted by Crippen LogP contribution is 2.10. The lowest BCUT2D eigenvalue weighted by Crippen LogP contribution is -2.11. The van der Waals surface area contributed by atoms with Gasteiger partial charge in [-0.15, -0.1) is 6.58 Å². The Labute approximate surface area is 71.1 Å². The second kappa shape index (κ2) is 3.36. The van der Waals surface area contributed by atoms with Crippen LogP contribution in [0.2, 0.25) is 0 Å². The second-order valence-electron chi connectivity index (χ2n) is 2.58. The van der Waals surface area contributed by atoms with Crippen molar-refractivity contribution in [2.75, 3.05) is 5.73 Å². The van der Waals surface area contributed by atoms with Crippen LogP contribution in [0.4, 0.5) is 5.95 Å². The summed E-state index contributed by atoms with van der Waals surface area (Å²) in [4.78, 5) is 3.99. The fourth-order valence-electron chi connectivity index (χ4n) is 0.859. The molecule has 66 valence electrons. The van der Waals surface area contributed by atoms with E-state index in [9.17, 15) is 0 Å². The molecule has 1 heterocycles. The van der Waals surface area contributed by atoms with Crippen molar-refractivity contribution in [1.29, 1.82) is 0 Å². The minimum absolute atomic E-state index is 0.203. The zero-order valence-electron chi connectivity index (χ0n) is 7.07. The van der Waals surface area contributed by atoms with Crippen LogP contribution in [-0.2, 0) is 7.05 Å². The fourth-order valence-corrected chi connectivity index (χ4v) is 0.859. The van der Waals surface area contributed by atoms with Crippen molar-refractivity contribution in [3.05, 3.63) is 18.5 Å². The van der Waals surface area contributed by atoms with Crippen LogP contribution in [0.3, 0.4) is 0 Å². The van der Waals surface area contributed by atoms with Gasteiger partial charge in [-0.05, 0) is 6.42 Å². The predicted molar refractivity (Wildman–Crippen MR) is 47.2 cm³/mol. The Balaban J connectivity index is 2.80. The maximum Gasteiger partial charge on any atom is 0.218 e. The molecule has 0 aliphatic carbocycles. The molecule has 1 aromatic rings. The van der Waals surface area contributed by atoms with E-state index in [1.54, 1.807) is 13.1 Å². The van der Waals surface area contributed by atoms with Crippen molar-refractivity contribution in [2.45, 2.75) is 12.5 Å². The summed E-state index contributed by atoms with van der Waals surface area (Å²) in [5.41, 5.74) is 11.2. The van der Waals surface area contributed by atoms with Crippen LogP contribution >= 0.6 is 0 Å². The van der Waals surface area contributed by atoms with E-state index in [4.69, 9.17) is 11.5 Å². The molecular formula is C7H13N5. The van der Waals surface area contributed by atoms with E-state index in [1.807, 2.05) is 0 Å². The summed E-state index contributed by atoms with van der Waals surface area (Å²) in [5.74, 6) is 0.944. The first-order valence-corrected chi connectivity index (χ1v) is 3.68. The molecule has 1 aromatic heterocycles. The molecule has 1 atom stereocenters. The third-order valence-electron chi connectivity index (χ3n) is 1.57. The van der Waals surface area contributed by atoms with Crippen molar-refractivity contribution in [2.24, 2.45) is 12.8 Å². The van der Waals surface area contributed by atoms with Gasteiger partial charge >= 0.3 is 0 Å². The number of aryl methyl sites for hydroxylation is 1. The molecule has 0 bridgehead atoms. The van der Waals surface area contributed by atoms with Crippen LogP contribution in [0.1, 0.15) is 18.3 Å². The number of nitrogens with two attached hydrogens (primary N) is 2. The third-order valence-corrected chi connectivity index (χ3v) is 1.57. The predicted octanol–water partition coefficient (Wildman–Crippen LogP) is -0.0268. The van der Waals surface area contributed by atoms with Gasteiger partial charge in [0, 0.05) is 7.05 Å². The van der Waals surface area contributed by atoms with Gasteiger partial charge in [0.05, 0.1) is 6.04 Å². The Morgan fingerprint density at radius 1 is 1.75 bits per heavy atom. The highest BCUT2D eigenvalue weighted by Gasteiger charge is 2.10. The lowest BCUT2D eigenvalue weighted by molar-refractivity contribution is 0.659. The third kappa shape index (κ3) is 1.62. The van der Waals surface area contributed by atoms with Crippen molar-refractivity contribution < 1.29 is 0 Å². The van der Waals surface area contributed by atoms with E-state index in [1.165, 1.54) is 4.68 Å². The summed E-state index contributed by atoms with van der Waals surface area (Å²) >= 11 is 0. The van der Waals surface area contributed by atoms with E-state index in [0.717, 1.165) is 0 Å². The average Bonchev–Trinajstić information content (AvgIpc) is 2.33. The highest BCUT2D eigenvalue weighted by atomic mass is 15.4. The molecule has 4 N–H and O–H groups in total. The molecule has 0 aliphatic heterocycles. The van der Waals surface area contributed by atoms with Crippen LogP contribution in [0, 0.1) is 0 Å². The number of nitrogen functional groups attached to an aromatic ring is 1. The summed E-state index contributed by atoms with van der Waals surface area (Å²) in [6.45, 7) is 3.58. The van der Waals surface area contributed by atoms with E-state index in [-0.39, 0.29) is 6.04 Å². The zero-order valence-corrected chi connectivity index (χ0v) is 7.07. The van der Waals surface area contributed by atoms with Crippen molar-refractivity contribution >= 4 is 5.95 Å². The van der Waals surface area contributed by atoms with Gasteiger partial charge in [-0.3, -0.25) is 0 Å². The number of anilines is 1. The Kier molecular flexibility index (Phi) is 2.44. The molecule has 0 saturated carbocycles. The molecule has 0 spiro atoms. The Morgan fingerprint density at radius 3 is 2.83 bits per heavy atom. The molecule has 0 aliphatic rings. The van der Waals surface area contributed by atoms with Gasteiger partial charge in [-0.2, -0.15) is 10.1 Å². The molecule has 0 amide bonds. The maximum absolute atomic E-state index is 5.72. The molecule has 0 aromatic carbocycles. The van der Waals surface area contributed by atoms with Crippen LogP contribution in [0.25, 0.3) is 0 Å². The fraction of sp³-hybridized carbons (Fsp3) is 0.429. The molecule has 0 fully saturated rings. The minimum atomic E-state index is -0.203. The Morgan fingerprint density at radius 2 is 2.42 bits per heavy atom. The Bertz CT molecular complexity index is 258. The molecular weight excluding hydrogens is 154 g/mol. The van der Waals surface area contributed by atoms with Gasteiger partial charge in [0.1, 0.15) is 0 Å². The summed E-state index contributed by atoms with van der Waals surface area (Å²) in [6.07, 6.45) is 2.39. The summed E-state index contributed by atoms with van der Waals surface area (Å²) < 4.78 is 1.50. The number of rotatable bonds is 3. The normalized spacial score (nSPS) is 12.8. The molecule has 12 heavy (non-hydrogen) atoms. The van der Waals surface area contributed by atoms with Gasteiger partial charge < -0.3 is 11.5 Å². The van der Waals surface area contributed by atoms with Gasteiger partial charge in [-0.1, -0.05) is 6.08 Å². The topological polar surface area (TPSA) is 82.7 Å². The van der Waals surface area contributed by atoms with Crippen molar-refractivity contribution in [3.8, 4) is 0 Å². The molecule has 5 heteroatoms. The van der Waals surface area contributed by atoms with Crippen molar-refractivity contribution in [3.63, 3.8) is 0 Å². The second-order valence-corrected chi connectivity index (χ2v) is 2.58. The summed E-state index contributed by atoms with van der Waals surface area (Å²) in [6, 6.07) is -0.203. The zero-order chi connectivity index (χ0) is 9.14. The van der Waals surface area contributed by atoms with Crippen LogP contribution < -0.4 is 11.5 Å². The lowest BCUT2D eigenvalue weighted by atomic mass is 10.2. The summed E-state index contributed by atoms with van der Waals surface area (Å²) in [5, 5.41) is 4.04. The molecule has 1 unspecified atom stereocenters. The molecule has 1 rings (SSSR count). The van der Waals surface area contributed by atoms with E-state index in [2.05, 4.69) is 16.7 Å². The van der Waals surface area contributed by atoms with Gasteiger partial charge in [0.2, 0.25) is 5.95 Å². The Hall–Kier alpha value is -1.36. The van der Waals surface area contributed by atoms with Gasteiger partial charge in [0.25, 0.3) is 0 Å². The van der Waals surface area contributed by atoms with Crippen LogP contribution in [0.15, 0.2) is 12.7 Å². The van der Waals surface area contributed by atoms with Crippen LogP contribution in [-0.4, -0.2) is 14.8 Å². The first kappa shape index (κ1) is 8.73. The number of hydrogen-bond acceptors (Lipinski definition) is 4. The summed E-state index contributed by atoms with van der Waals surface area (Å²) in [7, 11) is 1.73.